The zero-order chi connectivity index (χ0) is 14.4. The first-order valence-electron chi connectivity index (χ1n) is 7.29. The van der Waals surface area contributed by atoms with Crippen LogP contribution in [0.15, 0.2) is 17.3 Å². The van der Waals surface area contributed by atoms with E-state index in [-0.39, 0.29) is 17.3 Å². The molecule has 0 bridgehead atoms. The van der Waals surface area contributed by atoms with Crippen molar-refractivity contribution in [3.05, 3.63) is 12.4 Å². The Morgan fingerprint density at radius 1 is 1.24 bits per heavy atom. The zero-order valence-electron chi connectivity index (χ0n) is 12.4. The van der Waals surface area contributed by atoms with Gasteiger partial charge in [-0.25, -0.2) is 13.1 Å². The molecule has 0 saturated heterocycles. The van der Waals surface area contributed by atoms with E-state index in [9.17, 15) is 8.42 Å². The number of sulfonamides is 1. The maximum Gasteiger partial charge on any atom is 0.243 e. The van der Waals surface area contributed by atoms with Crippen LogP contribution in [0.1, 0.15) is 38.5 Å². The smallest absolute Gasteiger partial charge is 0.243 e. The molecular formula is C13H25ClN4O2S. The van der Waals surface area contributed by atoms with E-state index in [1.54, 1.807) is 7.05 Å². The van der Waals surface area contributed by atoms with Crippen LogP contribution in [0.25, 0.3) is 0 Å². The number of aromatic nitrogens is 2. The van der Waals surface area contributed by atoms with Gasteiger partial charge in [0.1, 0.15) is 4.90 Å². The summed E-state index contributed by atoms with van der Waals surface area (Å²) in [5, 5.41) is 7.32. The van der Waals surface area contributed by atoms with E-state index in [1.165, 1.54) is 55.6 Å². The second-order valence-electron chi connectivity index (χ2n) is 5.39. The first kappa shape index (κ1) is 18.4. The highest BCUT2D eigenvalue weighted by Gasteiger charge is 2.16. The Bertz CT molecular complexity index is 510. The summed E-state index contributed by atoms with van der Waals surface area (Å²) in [5.74, 6) is 0. The largest absolute Gasteiger partial charge is 0.313 e. The summed E-state index contributed by atoms with van der Waals surface area (Å²) < 4.78 is 28.0. The van der Waals surface area contributed by atoms with Crippen LogP contribution in [0.3, 0.4) is 0 Å². The molecule has 0 aliphatic heterocycles. The van der Waals surface area contributed by atoms with Crippen molar-refractivity contribution in [1.82, 2.24) is 19.8 Å². The van der Waals surface area contributed by atoms with Crippen LogP contribution in [0, 0.1) is 0 Å². The van der Waals surface area contributed by atoms with Crippen LogP contribution < -0.4 is 10.0 Å². The lowest BCUT2D eigenvalue weighted by Gasteiger charge is -2.16. The van der Waals surface area contributed by atoms with E-state index < -0.39 is 10.0 Å². The standard InChI is InChI=1S/C13H24N4O2S.ClH/c1-17-11-13(10-15-17)20(18,19)16-9-8-14-12-6-4-2-3-5-7-12;/h10-12,14,16H,2-9H2,1H3;1H. The van der Waals surface area contributed by atoms with E-state index in [4.69, 9.17) is 0 Å². The normalized spacial score (nSPS) is 17.2. The van der Waals surface area contributed by atoms with Gasteiger partial charge in [-0.3, -0.25) is 4.68 Å². The van der Waals surface area contributed by atoms with Gasteiger partial charge in [-0.05, 0) is 12.8 Å². The molecule has 0 aromatic carbocycles. The molecule has 1 heterocycles. The minimum atomic E-state index is -3.42. The number of aryl methyl sites for hydroxylation is 1. The lowest BCUT2D eigenvalue weighted by atomic mass is 10.1. The van der Waals surface area contributed by atoms with Crippen molar-refractivity contribution in [2.24, 2.45) is 7.05 Å². The molecule has 0 spiro atoms. The SMILES string of the molecule is Cl.Cn1cc(S(=O)(=O)NCCNC2CCCCCC2)cn1. The van der Waals surface area contributed by atoms with E-state index >= 15 is 0 Å². The predicted molar refractivity (Wildman–Crippen MR) is 85.1 cm³/mol. The lowest BCUT2D eigenvalue weighted by Crippen LogP contribution is -2.36. The Morgan fingerprint density at radius 2 is 1.90 bits per heavy atom. The summed E-state index contributed by atoms with van der Waals surface area (Å²) in [6, 6.07) is 0.542. The average Bonchev–Trinajstić information content (AvgIpc) is 2.70. The molecule has 6 nitrogen and oxygen atoms in total. The number of hydrogen-bond donors (Lipinski definition) is 2. The fourth-order valence-electron chi connectivity index (χ4n) is 2.57. The zero-order valence-corrected chi connectivity index (χ0v) is 14.0. The van der Waals surface area contributed by atoms with Gasteiger partial charge in [-0.15, -0.1) is 12.4 Å². The van der Waals surface area contributed by atoms with Crippen LogP contribution in [0.5, 0.6) is 0 Å². The summed E-state index contributed by atoms with van der Waals surface area (Å²) in [7, 11) is -1.72. The van der Waals surface area contributed by atoms with Gasteiger partial charge < -0.3 is 5.32 Å². The summed E-state index contributed by atoms with van der Waals surface area (Å²) in [5.41, 5.74) is 0. The lowest BCUT2D eigenvalue weighted by molar-refractivity contribution is 0.461. The summed E-state index contributed by atoms with van der Waals surface area (Å²) in [6.45, 7) is 1.08. The molecular weight excluding hydrogens is 312 g/mol. The van der Waals surface area contributed by atoms with Crippen LogP contribution >= 0.6 is 12.4 Å². The molecule has 1 aliphatic carbocycles. The molecule has 122 valence electrons. The van der Waals surface area contributed by atoms with Gasteiger partial charge in [0.05, 0.1) is 6.20 Å². The van der Waals surface area contributed by atoms with Crippen molar-refractivity contribution < 1.29 is 8.42 Å². The topological polar surface area (TPSA) is 76.0 Å². The van der Waals surface area contributed by atoms with Crippen LogP contribution in [-0.4, -0.2) is 37.3 Å². The maximum absolute atomic E-state index is 12.0. The number of hydrogen-bond acceptors (Lipinski definition) is 4. The van der Waals surface area contributed by atoms with Gasteiger partial charge in [-0.2, -0.15) is 5.10 Å². The van der Waals surface area contributed by atoms with Crippen molar-refractivity contribution in [2.45, 2.75) is 49.5 Å². The van der Waals surface area contributed by atoms with E-state index in [1.807, 2.05) is 0 Å². The summed E-state index contributed by atoms with van der Waals surface area (Å²) in [6.07, 6.45) is 10.5. The number of halogens is 1. The quantitative estimate of drug-likeness (QED) is 0.608. The average molecular weight is 337 g/mol. The van der Waals surface area contributed by atoms with Crippen LogP contribution in [-0.2, 0) is 17.1 Å². The van der Waals surface area contributed by atoms with Crippen molar-refractivity contribution in [3.63, 3.8) is 0 Å². The monoisotopic (exact) mass is 336 g/mol. The molecule has 21 heavy (non-hydrogen) atoms. The van der Waals surface area contributed by atoms with Gasteiger partial charge in [-0.1, -0.05) is 25.7 Å². The fraction of sp³-hybridized carbons (Fsp3) is 0.769. The van der Waals surface area contributed by atoms with E-state index in [0.717, 1.165) is 0 Å². The number of nitrogens with one attached hydrogen (secondary N) is 2. The Labute approximate surface area is 133 Å². The third-order valence-electron chi connectivity index (χ3n) is 3.70. The van der Waals surface area contributed by atoms with Crippen LogP contribution in [0.4, 0.5) is 0 Å². The molecule has 2 rings (SSSR count). The number of rotatable bonds is 6. The fourth-order valence-corrected chi connectivity index (χ4v) is 3.58. The van der Waals surface area contributed by atoms with Crippen LogP contribution in [0.2, 0.25) is 0 Å². The third-order valence-corrected chi connectivity index (χ3v) is 5.11. The van der Waals surface area contributed by atoms with Gasteiger partial charge in [0, 0.05) is 32.4 Å². The Balaban J connectivity index is 0.00000220. The van der Waals surface area contributed by atoms with Gasteiger partial charge >= 0.3 is 0 Å². The maximum atomic E-state index is 12.0. The summed E-state index contributed by atoms with van der Waals surface area (Å²) >= 11 is 0. The molecule has 1 aliphatic rings. The molecule has 0 atom stereocenters. The first-order valence-corrected chi connectivity index (χ1v) is 8.78. The highest BCUT2D eigenvalue weighted by molar-refractivity contribution is 7.89. The second-order valence-corrected chi connectivity index (χ2v) is 7.16. The van der Waals surface area contributed by atoms with Crippen molar-refractivity contribution in [2.75, 3.05) is 13.1 Å². The van der Waals surface area contributed by atoms with Crippen molar-refractivity contribution in [1.29, 1.82) is 0 Å². The highest BCUT2D eigenvalue weighted by atomic mass is 35.5. The van der Waals surface area contributed by atoms with Gasteiger partial charge in [0.2, 0.25) is 10.0 Å². The van der Waals surface area contributed by atoms with E-state index in [0.29, 0.717) is 19.1 Å². The Hall–Kier alpha value is -0.630. The molecule has 0 unspecified atom stereocenters. The van der Waals surface area contributed by atoms with Crippen molar-refractivity contribution in [3.8, 4) is 0 Å². The molecule has 0 amide bonds. The molecule has 1 aromatic rings. The molecule has 2 N–H and O–H groups in total. The molecule has 1 fully saturated rings. The Kier molecular flexibility index (Phi) is 7.65. The van der Waals surface area contributed by atoms with E-state index in [2.05, 4.69) is 15.1 Å². The highest BCUT2D eigenvalue weighted by Crippen LogP contribution is 2.16. The molecule has 8 heteroatoms. The minimum Gasteiger partial charge on any atom is -0.313 e. The predicted octanol–water partition coefficient (Wildman–Crippen LogP) is 1.43. The number of nitrogens with zero attached hydrogens (tertiary/aromatic N) is 2. The third kappa shape index (κ3) is 5.94. The van der Waals surface area contributed by atoms with Gasteiger partial charge in [0.15, 0.2) is 0 Å². The summed E-state index contributed by atoms with van der Waals surface area (Å²) in [4.78, 5) is 0.217. The molecule has 1 aromatic heterocycles. The van der Waals surface area contributed by atoms with Gasteiger partial charge in [0.25, 0.3) is 0 Å². The second kappa shape index (κ2) is 8.73. The molecule has 1 saturated carbocycles. The Morgan fingerprint density at radius 3 is 2.48 bits per heavy atom. The first-order chi connectivity index (χ1) is 9.58. The molecule has 0 radical (unpaired) electrons. The minimum absolute atomic E-state index is 0. The van der Waals surface area contributed by atoms with Crippen molar-refractivity contribution >= 4 is 22.4 Å².